The zero-order chi connectivity index (χ0) is 12.7. The third-order valence-corrected chi connectivity index (χ3v) is 2.33. The number of carbonyl (C=O) groups is 1. The summed E-state index contributed by atoms with van der Waals surface area (Å²) in [4.78, 5) is 12.8. The van der Waals surface area contributed by atoms with Crippen molar-refractivity contribution in [3.8, 4) is 5.75 Å². The summed E-state index contributed by atoms with van der Waals surface area (Å²) in [5.41, 5.74) is 6.29. The molecule has 0 aliphatic rings. The fourth-order valence-corrected chi connectivity index (χ4v) is 1.58. The first-order valence-corrected chi connectivity index (χ1v) is 5.40. The van der Waals surface area contributed by atoms with Crippen LogP contribution in [-0.4, -0.2) is 31.0 Å². The molecule has 0 spiro atoms. The largest absolute Gasteiger partial charge is 0.497 e. The molecule has 4 heteroatoms. The average molecular weight is 234 g/mol. The van der Waals surface area contributed by atoms with Crippen LogP contribution in [-0.2, 0) is 11.3 Å². The van der Waals surface area contributed by atoms with Crippen molar-refractivity contribution in [2.75, 3.05) is 20.2 Å². The first-order valence-electron chi connectivity index (χ1n) is 5.40. The van der Waals surface area contributed by atoms with Crippen LogP contribution in [0.4, 0.5) is 0 Å². The van der Waals surface area contributed by atoms with Gasteiger partial charge in [0, 0.05) is 13.1 Å². The number of rotatable bonds is 7. The summed E-state index contributed by atoms with van der Waals surface area (Å²) < 4.78 is 5.08. The van der Waals surface area contributed by atoms with Gasteiger partial charge in [0.2, 0.25) is 5.91 Å². The maximum atomic E-state index is 10.9. The quantitative estimate of drug-likeness (QED) is 0.720. The predicted octanol–water partition coefficient (Wildman–Crippen LogP) is 1.17. The molecule has 0 saturated heterocycles. The van der Waals surface area contributed by atoms with Gasteiger partial charge in [0.1, 0.15) is 5.75 Å². The van der Waals surface area contributed by atoms with Crippen molar-refractivity contribution in [1.29, 1.82) is 0 Å². The van der Waals surface area contributed by atoms with Crippen LogP contribution in [0.1, 0.15) is 5.56 Å². The van der Waals surface area contributed by atoms with Crippen LogP contribution in [0.2, 0.25) is 0 Å². The van der Waals surface area contributed by atoms with Crippen LogP contribution >= 0.6 is 0 Å². The minimum Gasteiger partial charge on any atom is -0.497 e. The highest BCUT2D eigenvalue weighted by Crippen LogP contribution is 2.12. The molecule has 0 aromatic heterocycles. The number of carbonyl (C=O) groups excluding carboxylic acids is 1. The number of nitrogens with zero attached hydrogens (tertiary/aromatic N) is 1. The molecule has 1 rings (SSSR count). The Morgan fingerprint density at radius 2 is 2.12 bits per heavy atom. The third-order valence-electron chi connectivity index (χ3n) is 2.33. The minimum atomic E-state index is -0.333. The smallest absolute Gasteiger partial charge is 0.231 e. The first-order chi connectivity index (χ1) is 8.15. The second-order valence-electron chi connectivity index (χ2n) is 3.77. The zero-order valence-electron chi connectivity index (χ0n) is 10.1. The van der Waals surface area contributed by atoms with Crippen molar-refractivity contribution in [1.82, 2.24) is 4.90 Å². The van der Waals surface area contributed by atoms with E-state index in [1.807, 2.05) is 29.2 Å². The Morgan fingerprint density at radius 1 is 1.47 bits per heavy atom. The Kier molecular flexibility index (Phi) is 5.23. The van der Waals surface area contributed by atoms with Gasteiger partial charge < -0.3 is 10.5 Å². The fourth-order valence-electron chi connectivity index (χ4n) is 1.58. The minimum absolute atomic E-state index is 0.234. The van der Waals surface area contributed by atoms with Gasteiger partial charge in [0.25, 0.3) is 0 Å². The summed E-state index contributed by atoms with van der Waals surface area (Å²) >= 11 is 0. The van der Waals surface area contributed by atoms with Gasteiger partial charge in [-0.1, -0.05) is 18.2 Å². The molecule has 1 amide bonds. The molecule has 0 radical (unpaired) electrons. The zero-order valence-corrected chi connectivity index (χ0v) is 10.1. The van der Waals surface area contributed by atoms with Crippen molar-refractivity contribution in [3.63, 3.8) is 0 Å². The van der Waals surface area contributed by atoms with Gasteiger partial charge in [0.05, 0.1) is 13.7 Å². The van der Waals surface area contributed by atoms with Gasteiger partial charge in [0.15, 0.2) is 0 Å². The number of hydrogen-bond acceptors (Lipinski definition) is 3. The number of nitrogens with two attached hydrogens (primary N) is 1. The molecule has 0 aliphatic heterocycles. The summed E-state index contributed by atoms with van der Waals surface area (Å²) in [6.07, 6.45) is 1.76. The van der Waals surface area contributed by atoms with E-state index >= 15 is 0 Å². The normalized spacial score (nSPS) is 10.2. The Morgan fingerprint density at radius 3 is 2.59 bits per heavy atom. The van der Waals surface area contributed by atoms with Crippen LogP contribution in [0, 0.1) is 0 Å². The monoisotopic (exact) mass is 234 g/mol. The molecule has 17 heavy (non-hydrogen) atoms. The van der Waals surface area contributed by atoms with E-state index in [4.69, 9.17) is 10.5 Å². The Labute approximate surface area is 102 Å². The van der Waals surface area contributed by atoms with E-state index < -0.39 is 0 Å². The second-order valence-corrected chi connectivity index (χ2v) is 3.77. The lowest BCUT2D eigenvalue weighted by molar-refractivity contribution is -0.119. The van der Waals surface area contributed by atoms with Gasteiger partial charge in [-0.05, 0) is 17.7 Å². The molecule has 0 heterocycles. The highest BCUT2D eigenvalue weighted by atomic mass is 16.5. The third kappa shape index (κ3) is 4.70. The van der Waals surface area contributed by atoms with E-state index in [1.165, 1.54) is 0 Å². The SMILES string of the molecule is C=CCN(CC(N)=O)Cc1ccc(OC)cc1. The summed E-state index contributed by atoms with van der Waals surface area (Å²) in [5.74, 6) is 0.485. The number of amides is 1. The number of hydrogen-bond donors (Lipinski definition) is 1. The lowest BCUT2D eigenvalue weighted by Gasteiger charge is -2.18. The van der Waals surface area contributed by atoms with Crippen molar-refractivity contribution in [2.45, 2.75) is 6.54 Å². The molecular formula is C13H18N2O2. The van der Waals surface area contributed by atoms with Crippen molar-refractivity contribution >= 4 is 5.91 Å². The molecular weight excluding hydrogens is 216 g/mol. The maximum absolute atomic E-state index is 10.9. The van der Waals surface area contributed by atoms with Crippen LogP contribution in [0.25, 0.3) is 0 Å². The van der Waals surface area contributed by atoms with E-state index in [1.54, 1.807) is 13.2 Å². The summed E-state index contributed by atoms with van der Waals surface area (Å²) in [6, 6.07) is 7.73. The molecule has 0 atom stereocenters. The maximum Gasteiger partial charge on any atom is 0.231 e. The fraction of sp³-hybridized carbons (Fsp3) is 0.308. The van der Waals surface area contributed by atoms with Gasteiger partial charge in [-0.25, -0.2) is 0 Å². The average Bonchev–Trinajstić information content (AvgIpc) is 2.29. The Balaban J connectivity index is 2.64. The van der Waals surface area contributed by atoms with Crippen molar-refractivity contribution in [2.24, 2.45) is 5.73 Å². The van der Waals surface area contributed by atoms with Crippen LogP contribution < -0.4 is 10.5 Å². The molecule has 4 nitrogen and oxygen atoms in total. The van der Waals surface area contributed by atoms with E-state index in [-0.39, 0.29) is 12.5 Å². The highest BCUT2D eigenvalue weighted by molar-refractivity contribution is 5.75. The molecule has 0 saturated carbocycles. The Hall–Kier alpha value is -1.81. The molecule has 2 N–H and O–H groups in total. The predicted molar refractivity (Wildman–Crippen MR) is 67.7 cm³/mol. The van der Waals surface area contributed by atoms with Crippen LogP contribution in [0.15, 0.2) is 36.9 Å². The van der Waals surface area contributed by atoms with Gasteiger partial charge >= 0.3 is 0 Å². The van der Waals surface area contributed by atoms with Gasteiger partial charge in [-0.3, -0.25) is 9.69 Å². The first kappa shape index (κ1) is 13.3. The second kappa shape index (κ2) is 6.70. The van der Waals surface area contributed by atoms with E-state index in [0.717, 1.165) is 11.3 Å². The van der Waals surface area contributed by atoms with Crippen LogP contribution in [0.5, 0.6) is 5.75 Å². The summed E-state index contributed by atoms with van der Waals surface area (Å²) in [6.45, 7) is 5.20. The molecule has 92 valence electrons. The summed E-state index contributed by atoms with van der Waals surface area (Å²) in [7, 11) is 1.63. The molecule has 0 aliphatic carbocycles. The van der Waals surface area contributed by atoms with Gasteiger partial charge in [-0.2, -0.15) is 0 Å². The number of primary amides is 1. The molecule has 0 bridgehead atoms. The van der Waals surface area contributed by atoms with Crippen molar-refractivity contribution < 1.29 is 9.53 Å². The van der Waals surface area contributed by atoms with E-state index in [0.29, 0.717) is 13.1 Å². The Bertz CT molecular complexity index is 374. The molecule has 0 unspecified atom stereocenters. The van der Waals surface area contributed by atoms with E-state index in [9.17, 15) is 4.79 Å². The number of benzene rings is 1. The number of methoxy groups -OCH3 is 1. The standard InChI is InChI=1S/C13H18N2O2/c1-3-8-15(10-13(14)16)9-11-4-6-12(17-2)7-5-11/h3-7H,1,8-10H2,2H3,(H2,14,16). The van der Waals surface area contributed by atoms with Gasteiger partial charge in [-0.15, -0.1) is 6.58 Å². The molecule has 1 aromatic carbocycles. The van der Waals surface area contributed by atoms with Crippen molar-refractivity contribution in [3.05, 3.63) is 42.5 Å². The lowest BCUT2D eigenvalue weighted by atomic mass is 10.2. The lowest BCUT2D eigenvalue weighted by Crippen LogP contribution is -2.33. The van der Waals surface area contributed by atoms with Crippen LogP contribution in [0.3, 0.4) is 0 Å². The highest BCUT2D eigenvalue weighted by Gasteiger charge is 2.07. The molecule has 1 aromatic rings. The number of ether oxygens (including phenoxy) is 1. The summed E-state index contributed by atoms with van der Waals surface area (Å²) in [5, 5.41) is 0. The topological polar surface area (TPSA) is 55.6 Å². The molecule has 0 fully saturated rings. The van der Waals surface area contributed by atoms with E-state index in [2.05, 4.69) is 6.58 Å².